The Hall–Kier alpha value is -3.86. The van der Waals surface area contributed by atoms with Gasteiger partial charge in [0.05, 0.1) is 12.8 Å². The summed E-state index contributed by atoms with van der Waals surface area (Å²) in [6.07, 6.45) is 1.29. The van der Waals surface area contributed by atoms with Gasteiger partial charge in [-0.2, -0.15) is 13.2 Å². The van der Waals surface area contributed by atoms with Gasteiger partial charge >= 0.3 is 5.51 Å². The third-order valence-corrected chi connectivity index (χ3v) is 5.37. The quantitative estimate of drug-likeness (QED) is 0.335. The molecule has 0 atom stereocenters. The molecule has 0 aliphatic carbocycles. The van der Waals surface area contributed by atoms with E-state index in [1.54, 1.807) is 19.1 Å². The SMILES string of the molecule is COc1nc(-c2ccc(SC(F)(F)F)nc2)ccc1NC(=O)c1c(-c2ccccc2)noc1C. The smallest absolute Gasteiger partial charge is 0.447 e. The Labute approximate surface area is 196 Å². The molecule has 0 saturated carbocycles. The van der Waals surface area contributed by atoms with Gasteiger partial charge in [0, 0.05) is 29.1 Å². The first-order valence-corrected chi connectivity index (χ1v) is 10.7. The van der Waals surface area contributed by atoms with Gasteiger partial charge in [-0.05, 0) is 31.2 Å². The highest BCUT2D eigenvalue weighted by Crippen LogP contribution is 2.36. The van der Waals surface area contributed by atoms with Crippen molar-refractivity contribution in [1.29, 1.82) is 0 Å². The van der Waals surface area contributed by atoms with E-state index in [1.807, 2.05) is 30.3 Å². The number of carbonyl (C=O) groups excluding carboxylic acids is 1. The molecule has 0 aliphatic heterocycles. The van der Waals surface area contributed by atoms with Gasteiger partial charge < -0.3 is 14.6 Å². The van der Waals surface area contributed by atoms with Gasteiger partial charge in [-0.25, -0.2) is 9.97 Å². The topological polar surface area (TPSA) is 90.1 Å². The fourth-order valence-electron chi connectivity index (χ4n) is 3.18. The van der Waals surface area contributed by atoms with Gasteiger partial charge in [-0.1, -0.05) is 35.5 Å². The van der Waals surface area contributed by atoms with E-state index in [0.717, 1.165) is 5.56 Å². The summed E-state index contributed by atoms with van der Waals surface area (Å²) in [4.78, 5) is 21.2. The van der Waals surface area contributed by atoms with E-state index >= 15 is 0 Å². The monoisotopic (exact) mass is 486 g/mol. The molecule has 0 bridgehead atoms. The van der Waals surface area contributed by atoms with E-state index in [2.05, 4.69) is 20.4 Å². The van der Waals surface area contributed by atoms with Crippen molar-refractivity contribution >= 4 is 23.4 Å². The fraction of sp³-hybridized carbons (Fsp3) is 0.130. The van der Waals surface area contributed by atoms with Crippen LogP contribution in [-0.4, -0.2) is 33.6 Å². The number of alkyl halides is 3. The number of hydrogen-bond donors (Lipinski definition) is 1. The Kier molecular flexibility index (Phi) is 6.55. The molecular formula is C23H17F3N4O3S. The number of hydrogen-bond acceptors (Lipinski definition) is 7. The van der Waals surface area contributed by atoms with E-state index in [4.69, 9.17) is 9.26 Å². The zero-order chi connectivity index (χ0) is 24.3. The summed E-state index contributed by atoms with van der Waals surface area (Å²) in [6.45, 7) is 1.64. The molecule has 0 saturated heterocycles. The molecule has 174 valence electrons. The van der Waals surface area contributed by atoms with Crippen LogP contribution in [0, 0.1) is 6.92 Å². The number of halogens is 3. The minimum absolute atomic E-state index is 0.120. The second-order valence-corrected chi connectivity index (χ2v) is 8.05. The molecular weight excluding hydrogens is 469 g/mol. The lowest BCUT2D eigenvalue weighted by Crippen LogP contribution is -2.14. The van der Waals surface area contributed by atoms with Crippen molar-refractivity contribution < 1.29 is 27.2 Å². The van der Waals surface area contributed by atoms with Crippen molar-refractivity contribution in [3.63, 3.8) is 0 Å². The second kappa shape index (κ2) is 9.56. The van der Waals surface area contributed by atoms with Gasteiger partial charge in [0.25, 0.3) is 5.91 Å². The highest BCUT2D eigenvalue weighted by Gasteiger charge is 2.30. The zero-order valence-electron chi connectivity index (χ0n) is 17.9. The molecule has 0 fully saturated rings. The molecule has 11 heteroatoms. The van der Waals surface area contributed by atoms with Crippen molar-refractivity contribution in [2.75, 3.05) is 12.4 Å². The van der Waals surface area contributed by atoms with Crippen molar-refractivity contribution in [2.24, 2.45) is 0 Å². The van der Waals surface area contributed by atoms with Gasteiger partial charge in [0.15, 0.2) is 0 Å². The number of nitrogens with zero attached hydrogens (tertiary/aromatic N) is 3. The molecule has 0 aliphatic rings. The van der Waals surface area contributed by atoms with Gasteiger partial charge in [-0.15, -0.1) is 0 Å². The molecule has 3 heterocycles. The van der Waals surface area contributed by atoms with E-state index in [0.29, 0.717) is 28.4 Å². The van der Waals surface area contributed by atoms with Crippen LogP contribution in [-0.2, 0) is 0 Å². The van der Waals surface area contributed by atoms with Crippen LogP contribution < -0.4 is 10.1 Å². The van der Waals surface area contributed by atoms with Crippen molar-refractivity contribution in [3.8, 4) is 28.4 Å². The van der Waals surface area contributed by atoms with Crippen LogP contribution in [0.3, 0.4) is 0 Å². The summed E-state index contributed by atoms with van der Waals surface area (Å²) >= 11 is -0.296. The van der Waals surface area contributed by atoms with Crippen LogP contribution in [0.1, 0.15) is 16.1 Å². The van der Waals surface area contributed by atoms with Crippen LogP contribution in [0.25, 0.3) is 22.5 Å². The van der Waals surface area contributed by atoms with E-state index in [-0.39, 0.29) is 28.2 Å². The highest BCUT2D eigenvalue weighted by molar-refractivity contribution is 8.00. The number of aromatic nitrogens is 3. The lowest BCUT2D eigenvalue weighted by Gasteiger charge is -2.11. The zero-order valence-corrected chi connectivity index (χ0v) is 18.7. The van der Waals surface area contributed by atoms with Gasteiger partial charge in [0.1, 0.15) is 27.7 Å². The summed E-state index contributed by atoms with van der Waals surface area (Å²) in [7, 11) is 1.39. The van der Waals surface area contributed by atoms with Crippen LogP contribution in [0.5, 0.6) is 5.88 Å². The van der Waals surface area contributed by atoms with Crippen LogP contribution in [0.2, 0.25) is 0 Å². The standard InChI is InChI=1S/C23H17F3N4O3S/c1-13-19(20(30-33-13)14-6-4-3-5-7-14)21(31)28-17-10-9-16(29-22(17)32-2)15-8-11-18(27-12-15)34-23(24,25)26/h3-12H,1-2H3,(H,28,31). The molecule has 34 heavy (non-hydrogen) atoms. The summed E-state index contributed by atoms with van der Waals surface area (Å²) in [5.41, 5.74) is -1.81. The van der Waals surface area contributed by atoms with Crippen LogP contribution in [0.15, 0.2) is 70.3 Å². The number of thioether (sulfide) groups is 1. The molecule has 0 radical (unpaired) electrons. The predicted octanol–water partition coefficient (Wildman–Crippen LogP) is 5.98. The largest absolute Gasteiger partial charge is 0.479 e. The first kappa shape index (κ1) is 23.3. The predicted molar refractivity (Wildman–Crippen MR) is 121 cm³/mol. The Balaban J connectivity index is 1.58. The lowest BCUT2D eigenvalue weighted by molar-refractivity contribution is -0.0329. The van der Waals surface area contributed by atoms with Crippen LogP contribution in [0.4, 0.5) is 18.9 Å². The van der Waals surface area contributed by atoms with E-state index in [1.165, 1.54) is 25.4 Å². The number of methoxy groups -OCH3 is 1. The molecule has 1 N–H and O–H groups in total. The summed E-state index contributed by atoms with van der Waals surface area (Å²) in [5, 5.41) is 6.59. The Bertz CT molecular complexity index is 1310. The maximum absolute atomic E-state index is 13.1. The summed E-state index contributed by atoms with van der Waals surface area (Å²) in [5.74, 6) is 0.0124. The third-order valence-electron chi connectivity index (χ3n) is 4.69. The van der Waals surface area contributed by atoms with Crippen molar-refractivity contribution in [1.82, 2.24) is 15.1 Å². The number of anilines is 1. The average Bonchev–Trinajstić information content (AvgIpc) is 3.21. The molecule has 4 aromatic rings. The van der Waals surface area contributed by atoms with Crippen molar-refractivity contribution in [2.45, 2.75) is 17.5 Å². The molecule has 1 amide bonds. The van der Waals surface area contributed by atoms with E-state index < -0.39 is 11.4 Å². The number of amides is 1. The van der Waals surface area contributed by atoms with Gasteiger partial charge in [-0.3, -0.25) is 4.79 Å². The first-order chi connectivity index (χ1) is 16.2. The number of aryl methyl sites for hydroxylation is 1. The molecule has 0 spiro atoms. The molecule has 3 aromatic heterocycles. The number of rotatable bonds is 6. The maximum atomic E-state index is 13.1. The molecule has 1 aromatic carbocycles. The second-order valence-electron chi connectivity index (χ2n) is 6.97. The van der Waals surface area contributed by atoms with Gasteiger partial charge in [0.2, 0.25) is 5.88 Å². The minimum Gasteiger partial charge on any atom is -0.479 e. The number of carbonyl (C=O) groups is 1. The number of benzene rings is 1. The summed E-state index contributed by atoms with van der Waals surface area (Å²) in [6, 6.07) is 15.1. The number of ether oxygens (including phenoxy) is 1. The Morgan fingerprint density at radius 1 is 1.06 bits per heavy atom. The average molecular weight is 486 g/mol. The van der Waals surface area contributed by atoms with Crippen molar-refractivity contribution in [3.05, 3.63) is 72.1 Å². The fourth-order valence-corrected chi connectivity index (χ4v) is 3.66. The number of pyridine rings is 2. The third kappa shape index (κ3) is 5.20. The Morgan fingerprint density at radius 2 is 1.82 bits per heavy atom. The van der Waals surface area contributed by atoms with Crippen LogP contribution >= 0.6 is 11.8 Å². The minimum atomic E-state index is -4.42. The normalized spacial score (nSPS) is 11.3. The summed E-state index contributed by atoms with van der Waals surface area (Å²) < 4.78 is 48.1. The Morgan fingerprint density at radius 3 is 2.47 bits per heavy atom. The maximum Gasteiger partial charge on any atom is 0.447 e. The first-order valence-electron chi connectivity index (χ1n) is 9.85. The highest BCUT2D eigenvalue weighted by atomic mass is 32.2. The number of nitrogens with one attached hydrogen (secondary N) is 1. The lowest BCUT2D eigenvalue weighted by atomic mass is 10.1. The van der Waals surface area contributed by atoms with E-state index in [9.17, 15) is 18.0 Å². The molecule has 0 unspecified atom stereocenters. The molecule has 4 rings (SSSR count). The molecule has 7 nitrogen and oxygen atoms in total.